The molecule has 1 N–H and O–H groups in total. The van der Waals surface area contributed by atoms with Crippen molar-refractivity contribution in [1.29, 1.82) is 0 Å². The smallest absolute Gasteiger partial charge is 0.303 e. The summed E-state index contributed by atoms with van der Waals surface area (Å²) in [6, 6.07) is 0. The molecule has 2 heterocycles. The van der Waals surface area contributed by atoms with Gasteiger partial charge in [0.1, 0.15) is 0 Å². The molecule has 0 aliphatic carbocycles. The molecule has 110 valence electrons. The Bertz CT molecular complexity index is 279. The largest absolute Gasteiger partial charge is 0.481 e. The molecule has 0 radical (unpaired) electrons. The molecule has 0 atom stereocenters. The second-order valence-corrected chi connectivity index (χ2v) is 5.20. The molecule has 2 aliphatic rings. The van der Waals surface area contributed by atoms with Crippen molar-refractivity contribution in [3.8, 4) is 0 Å². The molecule has 0 aromatic carbocycles. The summed E-state index contributed by atoms with van der Waals surface area (Å²) in [7, 11) is 0. The molecule has 19 heavy (non-hydrogen) atoms. The molecule has 4 nitrogen and oxygen atoms in total. The average Bonchev–Trinajstić information content (AvgIpc) is 2.87. The number of carbonyl (C=O) groups is 1. The van der Waals surface area contributed by atoms with Gasteiger partial charge in [0.05, 0.1) is 0 Å². The summed E-state index contributed by atoms with van der Waals surface area (Å²) in [6.45, 7) is 5.88. The number of hydrogen-bond acceptors (Lipinski definition) is 3. The maximum Gasteiger partial charge on any atom is 0.303 e. The Morgan fingerprint density at radius 3 is 2.63 bits per heavy atom. The minimum atomic E-state index is -0.670. The Morgan fingerprint density at radius 1 is 1.16 bits per heavy atom. The Morgan fingerprint density at radius 2 is 1.95 bits per heavy atom. The molecule has 4 heteroatoms. The predicted octanol–water partition coefficient (Wildman–Crippen LogP) is 3.26. The first-order chi connectivity index (χ1) is 9.24. The van der Waals surface area contributed by atoms with E-state index >= 15 is 0 Å². The van der Waals surface area contributed by atoms with Gasteiger partial charge in [0.15, 0.2) is 0 Å². The third-order valence-corrected chi connectivity index (χ3v) is 3.49. The van der Waals surface area contributed by atoms with Crippen LogP contribution in [0.3, 0.4) is 0 Å². The van der Waals surface area contributed by atoms with Crippen molar-refractivity contribution in [3.05, 3.63) is 12.3 Å². The van der Waals surface area contributed by atoms with Crippen molar-refractivity contribution in [3.63, 3.8) is 0 Å². The number of fused-ring (bicyclic) bond motifs is 1. The number of unbranched alkanes of at least 4 members (excludes halogenated alkanes) is 4. The molecule has 0 aromatic heterocycles. The van der Waals surface area contributed by atoms with Gasteiger partial charge in [-0.1, -0.05) is 38.7 Å². The maximum atomic E-state index is 10.0. The standard InChI is InChI=1S/C8H16O2.C7H12N2/c1-2-3-4-5-6-7-8(9)10;1-2-5-9-7-3-6-8(9)4-1/h2-7H2,1H3,(H,9,10);1,4H,2-3,5-7H2. The normalized spacial score (nSPS) is 17.8. The summed E-state index contributed by atoms with van der Waals surface area (Å²) in [5.74, 6) is -0.670. The van der Waals surface area contributed by atoms with Gasteiger partial charge in [0, 0.05) is 32.3 Å². The van der Waals surface area contributed by atoms with Gasteiger partial charge < -0.3 is 10.1 Å². The van der Waals surface area contributed by atoms with E-state index in [9.17, 15) is 4.79 Å². The monoisotopic (exact) mass is 268 g/mol. The van der Waals surface area contributed by atoms with E-state index in [1.165, 1.54) is 51.7 Å². The van der Waals surface area contributed by atoms with E-state index in [4.69, 9.17) is 5.11 Å². The molecule has 2 aliphatic heterocycles. The first kappa shape index (κ1) is 16.0. The minimum Gasteiger partial charge on any atom is -0.481 e. The molecule has 2 rings (SSSR count). The first-order valence-electron chi connectivity index (χ1n) is 7.64. The van der Waals surface area contributed by atoms with Gasteiger partial charge in [0.2, 0.25) is 0 Å². The first-order valence-corrected chi connectivity index (χ1v) is 7.64. The molecule has 0 aromatic rings. The third-order valence-electron chi connectivity index (χ3n) is 3.49. The minimum absolute atomic E-state index is 0.337. The van der Waals surface area contributed by atoms with Crippen LogP contribution in [-0.4, -0.2) is 40.7 Å². The van der Waals surface area contributed by atoms with Crippen LogP contribution in [-0.2, 0) is 4.79 Å². The molecular weight excluding hydrogens is 240 g/mol. The number of aliphatic carboxylic acids is 1. The molecule has 0 saturated carbocycles. The van der Waals surface area contributed by atoms with Gasteiger partial charge in [-0.15, -0.1) is 0 Å². The number of hydrogen-bond donors (Lipinski definition) is 1. The summed E-state index contributed by atoms with van der Waals surface area (Å²) in [6.07, 6.45) is 12.9. The van der Waals surface area contributed by atoms with Crippen LogP contribution in [0.15, 0.2) is 12.3 Å². The van der Waals surface area contributed by atoms with Gasteiger partial charge in [-0.05, 0) is 19.3 Å². The summed E-state index contributed by atoms with van der Waals surface area (Å²) < 4.78 is 0. The van der Waals surface area contributed by atoms with Crippen LogP contribution in [0.4, 0.5) is 0 Å². The average molecular weight is 268 g/mol. The molecular formula is C15H28N2O2. The van der Waals surface area contributed by atoms with Crippen LogP contribution in [0.2, 0.25) is 0 Å². The van der Waals surface area contributed by atoms with Crippen LogP contribution >= 0.6 is 0 Å². The molecule has 1 saturated heterocycles. The maximum absolute atomic E-state index is 10.0. The van der Waals surface area contributed by atoms with Gasteiger partial charge in [-0.25, -0.2) is 5.01 Å². The van der Waals surface area contributed by atoms with E-state index < -0.39 is 5.97 Å². The van der Waals surface area contributed by atoms with E-state index in [2.05, 4.69) is 29.2 Å². The number of rotatable bonds is 6. The number of nitrogens with zero attached hydrogens (tertiary/aromatic N) is 2. The molecule has 0 amide bonds. The lowest BCUT2D eigenvalue weighted by Gasteiger charge is -2.29. The Balaban J connectivity index is 0.000000190. The highest BCUT2D eigenvalue weighted by atomic mass is 16.4. The lowest BCUT2D eigenvalue weighted by atomic mass is 10.1. The summed E-state index contributed by atoms with van der Waals surface area (Å²) in [5.41, 5.74) is 0. The SMILES string of the molecule is C1=CN2CCCN2CC1.CCCCCCCC(=O)O. The fraction of sp³-hybridized carbons (Fsp3) is 0.800. The van der Waals surface area contributed by atoms with Gasteiger partial charge >= 0.3 is 5.97 Å². The van der Waals surface area contributed by atoms with Crippen molar-refractivity contribution < 1.29 is 9.90 Å². The number of carboxylic acid groups (broad SMARTS) is 1. The highest BCUT2D eigenvalue weighted by molar-refractivity contribution is 5.66. The van der Waals surface area contributed by atoms with Crippen molar-refractivity contribution in [2.75, 3.05) is 19.6 Å². The Hall–Kier alpha value is -1.03. The zero-order valence-electron chi connectivity index (χ0n) is 12.2. The highest BCUT2D eigenvalue weighted by Crippen LogP contribution is 2.14. The van der Waals surface area contributed by atoms with Crippen molar-refractivity contribution >= 4 is 5.97 Å². The second-order valence-electron chi connectivity index (χ2n) is 5.20. The zero-order chi connectivity index (χ0) is 13.9. The number of hydrazine groups is 1. The van der Waals surface area contributed by atoms with E-state index in [1.54, 1.807) is 0 Å². The third kappa shape index (κ3) is 7.21. The van der Waals surface area contributed by atoms with Gasteiger partial charge in [0.25, 0.3) is 0 Å². The van der Waals surface area contributed by atoms with Crippen LogP contribution in [0, 0.1) is 0 Å². The van der Waals surface area contributed by atoms with Gasteiger partial charge in [-0.3, -0.25) is 4.79 Å². The molecule has 0 bridgehead atoms. The summed E-state index contributed by atoms with van der Waals surface area (Å²) in [5, 5.41) is 13.0. The molecule has 0 unspecified atom stereocenters. The molecule has 1 fully saturated rings. The summed E-state index contributed by atoms with van der Waals surface area (Å²) in [4.78, 5) is 10.0. The quantitative estimate of drug-likeness (QED) is 0.751. The topological polar surface area (TPSA) is 43.8 Å². The van der Waals surface area contributed by atoms with Crippen LogP contribution in [0.25, 0.3) is 0 Å². The van der Waals surface area contributed by atoms with Crippen LogP contribution in [0.1, 0.15) is 58.3 Å². The summed E-state index contributed by atoms with van der Waals surface area (Å²) >= 11 is 0. The van der Waals surface area contributed by atoms with Gasteiger partial charge in [-0.2, -0.15) is 0 Å². The fourth-order valence-electron chi connectivity index (χ4n) is 2.39. The van der Waals surface area contributed by atoms with Crippen molar-refractivity contribution in [1.82, 2.24) is 10.0 Å². The Kier molecular flexibility index (Phi) is 8.30. The highest BCUT2D eigenvalue weighted by Gasteiger charge is 2.19. The van der Waals surface area contributed by atoms with E-state index in [0.717, 1.165) is 12.8 Å². The molecule has 0 spiro atoms. The van der Waals surface area contributed by atoms with E-state index in [1.807, 2.05) is 0 Å². The van der Waals surface area contributed by atoms with E-state index in [0.29, 0.717) is 6.42 Å². The number of carboxylic acids is 1. The fourth-order valence-corrected chi connectivity index (χ4v) is 2.39. The van der Waals surface area contributed by atoms with Crippen LogP contribution < -0.4 is 0 Å². The Labute approximate surface area is 117 Å². The van der Waals surface area contributed by atoms with Crippen molar-refractivity contribution in [2.45, 2.75) is 58.3 Å². The zero-order valence-corrected chi connectivity index (χ0v) is 12.2. The lowest BCUT2D eigenvalue weighted by molar-refractivity contribution is -0.137. The predicted molar refractivity (Wildman–Crippen MR) is 77.7 cm³/mol. The lowest BCUT2D eigenvalue weighted by Crippen LogP contribution is -2.35. The van der Waals surface area contributed by atoms with Crippen molar-refractivity contribution in [2.24, 2.45) is 0 Å². The van der Waals surface area contributed by atoms with E-state index in [-0.39, 0.29) is 0 Å². The second kappa shape index (κ2) is 9.84. The van der Waals surface area contributed by atoms with Crippen LogP contribution in [0.5, 0.6) is 0 Å².